The van der Waals surface area contributed by atoms with Gasteiger partial charge in [-0.2, -0.15) is 0 Å². The fourth-order valence-electron chi connectivity index (χ4n) is 4.34. The summed E-state index contributed by atoms with van der Waals surface area (Å²) in [5.74, 6) is 3.88. The Balaban J connectivity index is 1.46. The number of hydrogen-bond donors (Lipinski definition) is 2. The molecule has 28 heavy (non-hydrogen) atoms. The molecule has 154 valence electrons. The Morgan fingerprint density at radius 2 is 1.93 bits per heavy atom. The van der Waals surface area contributed by atoms with Crippen LogP contribution in [0.2, 0.25) is 0 Å². The molecule has 0 radical (unpaired) electrons. The maximum absolute atomic E-state index is 5.92. The number of ether oxygens (including phenoxy) is 2. The highest BCUT2D eigenvalue weighted by Gasteiger charge is 2.23. The van der Waals surface area contributed by atoms with Crippen LogP contribution in [0.4, 0.5) is 5.69 Å². The topological polar surface area (TPSA) is 75.4 Å². The summed E-state index contributed by atoms with van der Waals surface area (Å²) in [4.78, 5) is 9.79. The van der Waals surface area contributed by atoms with Gasteiger partial charge in [0, 0.05) is 44.5 Å². The van der Waals surface area contributed by atoms with Crippen molar-refractivity contribution in [3.8, 4) is 11.5 Å². The van der Waals surface area contributed by atoms with Crippen LogP contribution in [-0.2, 0) is 0 Å². The number of benzene rings is 1. The van der Waals surface area contributed by atoms with Gasteiger partial charge in [0.2, 0.25) is 6.79 Å². The maximum Gasteiger partial charge on any atom is 0.231 e. The standard InChI is InChI=1S/C21H33N5O2/c1-25-7-9-26(10-8-25)21(23-14-17-4-2-3-16(11-17)13-22)24-18-5-6-19-20(12-18)28-15-27-19/h5-6,12,16-17H,2-4,7-11,13-15,22H2,1H3,(H,23,24). The normalized spacial score (nSPS) is 25.8. The number of likely N-dealkylation sites (N-methyl/N-ethyl adjacent to an activating group) is 1. The molecular weight excluding hydrogens is 354 g/mol. The lowest BCUT2D eigenvalue weighted by atomic mass is 9.81. The molecular formula is C21H33N5O2. The van der Waals surface area contributed by atoms with Gasteiger partial charge >= 0.3 is 0 Å². The minimum atomic E-state index is 0.294. The molecule has 2 aliphatic heterocycles. The number of nitrogens with zero attached hydrogens (tertiary/aromatic N) is 3. The molecule has 4 rings (SSSR count). The van der Waals surface area contributed by atoms with Crippen LogP contribution in [0.25, 0.3) is 0 Å². The summed E-state index contributed by atoms with van der Waals surface area (Å²) >= 11 is 0. The number of piperazine rings is 1. The number of guanidine groups is 1. The van der Waals surface area contributed by atoms with Gasteiger partial charge in [-0.25, -0.2) is 0 Å². The molecule has 3 N–H and O–H groups in total. The van der Waals surface area contributed by atoms with E-state index in [1.807, 2.05) is 18.2 Å². The van der Waals surface area contributed by atoms with E-state index in [1.165, 1.54) is 25.7 Å². The first-order chi connectivity index (χ1) is 13.7. The Kier molecular flexibility index (Phi) is 6.22. The number of rotatable bonds is 4. The summed E-state index contributed by atoms with van der Waals surface area (Å²) in [5.41, 5.74) is 6.91. The zero-order valence-corrected chi connectivity index (χ0v) is 16.9. The Hall–Kier alpha value is -1.99. The SMILES string of the molecule is CN1CCN(C(=NCC2CCCC(CN)C2)Nc2ccc3c(c2)OCO3)CC1. The van der Waals surface area contributed by atoms with Crippen molar-refractivity contribution >= 4 is 11.6 Å². The molecule has 3 aliphatic rings. The van der Waals surface area contributed by atoms with Crippen LogP contribution in [-0.4, -0.2) is 68.9 Å². The molecule has 1 saturated carbocycles. The van der Waals surface area contributed by atoms with E-state index in [0.717, 1.165) is 62.4 Å². The van der Waals surface area contributed by atoms with Crippen molar-refractivity contribution in [3.05, 3.63) is 18.2 Å². The molecule has 7 heteroatoms. The molecule has 2 heterocycles. The lowest BCUT2D eigenvalue weighted by Crippen LogP contribution is -2.49. The van der Waals surface area contributed by atoms with E-state index in [4.69, 9.17) is 20.2 Å². The second-order valence-electron chi connectivity index (χ2n) is 8.28. The number of anilines is 1. The number of aliphatic imine (C=N–C) groups is 1. The number of nitrogens with two attached hydrogens (primary N) is 1. The molecule has 2 unspecified atom stereocenters. The molecule has 1 aromatic carbocycles. The average molecular weight is 388 g/mol. The Morgan fingerprint density at radius 3 is 2.75 bits per heavy atom. The van der Waals surface area contributed by atoms with Gasteiger partial charge in [-0.3, -0.25) is 4.99 Å². The molecule has 0 bridgehead atoms. The minimum Gasteiger partial charge on any atom is -0.454 e. The first-order valence-electron chi connectivity index (χ1n) is 10.6. The molecule has 1 aromatic rings. The molecule has 1 saturated heterocycles. The van der Waals surface area contributed by atoms with Crippen molar-refractivity contribution in [1.82, 2.24) is 9.80 Å². The smallest absolute Gasteiger partial charge is 0.231 e. The summed E-state index contributed by atoms with van der Waals surface area (Å²) in [5, 5.41) is 3.56. The monoisotopic (exact) mass is 387 g/mol. The predicted molar refractivity (Wildman–Crippen MR) is 112 cm³/mol. The lowest BCUT2D eigenvalue weighted by Gasteiger charge is -2.35. The molecule has 2 atom stereocenters. The summed E-state index contributed by atoms with van der Waals surface area (Å²) in [7, 11) is 2.18. The summed E-state index contributed by atoms with van der Waals surface area (Å²) in [6.07, 6.45) is 5.03. The van der Waals surface area contributed by atoms with E-state index in [1.54, 1.807) is 0 Å². The molecule has 0 amide bonds. The zero-order chi connectivity index (χ0) is 19.3. The van der Waals surface area contributed by atoms with E-state index >= 15 is 0 Å². The van der Waals surface area contributed by atoms with Crippen molar-refractivity contribution in [2.75, 3.05) is 58.4 Å². The van der Waals surface area contributed by atoms with Gasteiger partial charge in [-0.05, 0) is 56.8 Å². The highest BCUT2D eigenvalue weighted by molar-refractivity contribution is 5.94. The van der Waals surface area contributed by atoms with E-state index in [0.29, 0.717) is 18.6 Å². The van der Waals surface area contributed by atoms with E-state index in [9.17, 15) is 0 Å². The van der Waals surface area contributed by atoms with E-state index in [-0.39, 0.29) is 0 Å². The first kappa shape index (κ1) is 19.3. The molecule has 2 fully saturated rings. The van der Waals surface area contributed by atoms with Crippen molar-refractivity contribution in [2.45, 2.75) is 25.7 Å². The van der Waals surface area contributed by atoms with Gasteiger partial charge in [0.15, 0.2) is 17.5 Å². The highest BCUT2D eigenvalue weighted by atomic mass is 16.7. The first-order valence-corrected chi connectivity index (χ1v) is 10.6. The number of fused-ring (bicyclic) bond motifs is 1. The van der Waals surface area contributed by atoms with Gasteiger partial charge in [0.05, 0.1) is 0 Å². The molecule has 1 aliphatic carbocycles. The quantitative estimate of drug-likeness (QED) is 0.609. The third-order valence-electron chi connectivity index (χ3n) is 6.16. The third-order valence-corrected chi connectivity index (χ3v) is 6.16. The van der Waals surface area contributed by atoms with Gasteiger partial charge in [0.25, 0.3) is 0 Å². The van der Waals surface area contributed by atoms with Gasteiger partial charge < -0.3 is 30.3 Å². The second kappa shape index (κ2) is 9.01. The van der Waals surface area contributed by atoms with Gasteiger partial charge in [-0.1, -0.05) is 6.42 Å². The molecule has 0 aromatic heterocycles. The second-order valence-corrected chi connectivity index (χ2v) is 8.28. The highest BCUT2D eigenvalue weighted by Crippen LogP contribution is 2.34. The fraction of sp³-hybridized carbons (Fsp3) is 0.667. The van der Waals surface area contributed by atoms with E-state index < -0.39 is 0 Å². The summed E-state index contributed by atoms with van der Waals surface area (Å²) in [6.45, 7) is 6.06. The van der Waals surface area contributed by atoms with Crippen molar-refractivity contribution < 1.29 is 9.47 Å². The van der Waals surface area contributed by atoms with Gasteiger partial charge in [-0.15, -0.1) is 0 Å². The Bertz CT molecular complexity index is 687. The summed E-state index contributed by atoms with van der Waals surface area (Å²) < 4.78 is 11.0. The molecule has 0 spiro atoms. The van der Waals surface area contributed by atoms with Crippen LogP contribution >= 0.6 is 0 Å². The zero-order valence-electron chi connectivity index (χ0n) is 16.9. The molecule has 7 nitrogen and oxygen atoms in total. The third kappa shape index (κ3) is 4.70. The van der Waals surface area contributed by atoms with E-state index in [2.05, 4.69) is 22.2 Å². The van der Waals surface area contributed by atoms with Crippen molar-refractivity contribution in [1.29, 1.82) is 0 Å². The van der Waals surface area contributed by atoms with Crippen LogP contribution in [0.15, 0.2) is 23.2 Å². The van der Waals surface area contributed by atoms with Crippen LogP contribution < -0.4 is 20.5 Å². The lowest BCUT2D eigenvalue weighted by molar-refractivity contribution is 0.174. The van der Waals surface area contributed by atoms with Crippen LogP contribution in [0.5, 0.6) is 11.5 Å². The van der Waals surface area contributed by atoms with Gasteiger partial charge in [0.1, 0.15) is 0 Å². The van der Waals surface area contributed by atoms with Crippen LogP contribution in [0, 0.1) is 11.8 Å². The van der Waals surface area contributed by atoms with Crippen LogP contribution in [0.1, 0.15) is 25.7 Å². The Labute approximate surface area is 167 Å². The number of hydrogen-bond acceptors (Lipinski definition) is 5. The predicted octanol–water partition coefficient (Wildman–Crippen LogP) is 2.20. The average Bonchev–Trinajstić information content (AvgIpc) is 3.20. The van der Waals surface area contributed by atoms with Crippen LogP contribution in [0.3, 0.4) is 0 Å². The minimum absolute atomic E-state index is 0.294. The van der Waals surface area contributed by atoms with Crippen molar-refractivity contribution in [3.63, 3.8) is 0 Å². The largest absolute Gasteiger partial charge is 0.454 e. The maximum atomic E-state index is 5.92. The van der Waals surface area contributed by atoms with Crippen molar-refractivity contribution in [2.24, 2.45) is 22.6 Å². The fourth-order valence-corrected chi connectivity index (χ4v) is 4.34. The Morgan fingerprint density at radius 1 is 1.14 bits per heavy atom. The summed E-state index contributed by atoms with van der Waals surface area (Å²) in [6, 6.07) is 5.99. The number of nitrogens with one attached hydrogen (secondary N) is 1.